The lowest BCUT2D eigenvalue weighted by Crippen LogP contribution is -2.22. The summed E-state index contributed by atoms with van der Waals surface area (Å²) in [6.07, 6.45) is -0.166. The lowest BCUT2D eigenvalue weighted by Gasteiger charge is -2.07. The number of halogens is 1. The minimum absolute atomic E-state index is 0.0262. The zero-order valence-corrected chi connectivity index (χ0v) is 9.17. The van der Waals surface area contributed by atoms with Crippen LogP contribution in [0.15, 0.2) is 35.1 Å². The molecular formula is C12H8FN3O2. The summed E-state index contributed by atoms with van der Waals surface area (Å²) in [5.74, 6) is -0.977. The highest BCUT2D eigenvalue weighted by Gasteiger charge is 2.11. The average molecular weight is 245 g/mol. The van der Waals surface area contributed by atoms with Gasteiger partial charge in [-0.05, 0) is 12.1 Å². The zero-order valence-electron chi connectivity index (χ0n) is 9.17. The van der Waals surface area contributed by atoms with E-state index in [1.807, 2.05) is 0 Å². The van der Waals surface area contributed by atoms with Crippen molar-refractivity contribution in [3.63, 3.8) is 0 Å². The van der Waals surface area contributed by atoms with Crippen LogP contribution in [-0.2, 0) is 6.42 Å². The first kappa shape index (κ1) is 11.8. The van der Waals surface area contributed by atoms with Gasteiger partial charge in [0, 0.05) is 6.07 Å². The molecule has 1 N–H and O–H groups in total. The molecule has 2 aromatic rings. The van der Waals surface area contributed by atoms with E-state index in [2.05, 4.69) is 5.10 Å². The van der Waals surface area contributed by atoms with Crippen LogP contribution < -0.4 is 5.56 Å². The van der Waals surface area contributed by atoms with Gasteiger partial charge in [0.15, 0.2) is 0 Å². The first-order chi connectivity index (χ1) is 8.63. The smallest absolute Gasteiger partial charge is 0.275 e. The second kappa shape index (κ2) is 4.67. The fraction of sp³-hybridized carbons (Fsp3) is 0.0833. The Kier molecular flexibility index (Phi) is 3.06. The van der Waals surface area contributed by atoms with Gasteiger partial charge in [0.25, 0.3) is 5.56 Å². The van der Waals surface area contributed by atoms with E-state index in [0.717, 1.165) is 10.7 Å². The standard InChI is InChI=1S/C12H8FN3O2/c13-8-3-1-2-4-10(8)16-12(18)7-11(17)9(15-16)5-6-14/h1-4,7,17H,5H2. The molecule has 0 spiro atoms. The molecule has 0 aliphatic rings. The number of nitriles is 1. The Morgan fingerprint density at radius 1 is 1.44 bits per heavy atom. The molecule has 1 heterocycles. The van der Waals surface area contributed by atoms with E-state index < -0.39 is 11.4 Å². The number of aromatic hydroxyl groups is 1. The van der Waals surface area contributed by atoms with Crippen molar-refractivity contribution in [3.05, 3.63) is 52.2 Å². The maximum absolute atomic E-state index is 13.5. The van der Waals surface area contributed by atoms with Crippen molar-refractivity contribution < 1.29 is 9.50 Å². The van der Waals surface area contributed by atoms with Crippen molar-refractivity contribution in [2.75, 3.05) is 0 Å². The van der Waals surface area contributed by atoms with Crippen molar-refractivity contribution in [1.29, 1.82) is 5.26 Å². The molecule has 6 heteroatoms. The molecule has 0 saturated heterocycles. The van der Waals surface area contributed by atoms with Gasteiger partial charge in [-0.2, -0.15) is 15.0 Å². The van der Waals surface area contributed by atoms with Gasteiger partial charge in [0.05, 0.1) is 12.5 Å². The highest BCUT2D eigenvalue weighted by Crippen LogP contribution is 2.14. The molecule has 0 saturated carbocycles. The number of hydrogen-bond donors (Lipinski definition) is 1. The first-order valence-electron chi connectivity index (χ1n) is 5.07. The van der Waals surface area contributed by atoms with Gasteiger partial charge >= 0.3 is 0 Å². The lowest BCUT2D eigenvalue weighted by molar-refractivity contribution is 0.458. The Bertz CT molecular complexity index is 688. The molecule has 18 heavy (non-hydrogen) atoms. The molecule has 0 amide bonds. The van der Waals surface area contributed by atoms with Crippen molar-refractivity contribution in [2.45, 2.75) is 6.42 Å². The molecule has 0 aliphatic heterocycles. The van der Waals surface area contributed by atoms with E-state index in [1.165, 1.54) is 18.2 Å². The summed E-state index contributed by atoms with van der Waals surface area (Å²) in [5.41, 5.74) is -0.665. The normalized spacial score (nSPS) is 10.0. The van der Waals surface area contributed by atoms with Crippen LogP contribution in [0.3, 0.4) is 0 Å². The minimum atomic E-state index is -0.667. The monoisotopic (exact) mass is 245 g/mol. The second-order valence-corrected chi connectivity index (χ2v) is 3.51. The van der Waals surface area contributed by atoms with Gasteiger partial charge in [0.1, 0.15) is 22.9 Å². The summed E-state index contributed by atoms with van der Waals surface area (Å²) in [6.45, 7) is 0. The molecule has 0 aliphatic carbocycles. The van der Waals surface area contributed by atoms with Gasteiger partial charge in [0.2, 0.25) is 0 Å². The van der Waals surface area contributed by atoms with Crippen molar-refractivity contribution in [1.82, 2.24) is 9.78 Å². The van der Waals surface area contributed by atoms with Gasteiger partial charge in [-0.3, -0.25) is 4.79 Å². The van der Waals surface area contributed by atoms with E-state index in [0.29, 0.717) is 0 Å². The Balaban J connectivity index is 2.66. The van der Waals surface area contributed by atoms with Crippen molar-refractivity contribution >= 4 is 0 Å². The van der Waals surface area contributed by atoms with Crippen LogP contribution in [0.25, 0.3) is 5.69 Å². The fourth-order valence-corrected chi connectivity index (χ4v) is 1.48. The third-order valence-corrected chi connectivity index (χ3v) is 2.31. The number of rotatable bonds is 2. The molecule has 1 aromatic heterocycles. The first-order valence-corrected chi connectivity index (χ1v) is 5.07. The summed E-state index contributed by atoms with van der Waals surface area (Å²) < 4.78 is 14.4. The quantitative estimate of drug-likeness (QED) is 0.860. The van der Waals surface area contributed by atoms with Crippen molar-refractivity contribution in [3.8, 4) is 17.5 Å². The van der Waals surface area contributed by atoms with E-state index in [1.54, 1.807) is 12.1 Å². The Morgan fingerprint density at radius 3 is 2.83 bits per heavy atom. The molecule has 0 fully saturated rings. The topological polar surface area (TPSA) is 78.9 Å². The van der Waals surface area contributed by atoms with E-state index in [-0.39, 0.29) is 23.6 Å². The Hall–Kier alpha value is -2.68. The van der Waals surface area contributed by atoms with Gasteiger partial charge in [-0.1, -0.05) is 12.1 Å². The molecule has 1 aromatic carbocycles. The lowest BCUT2D eigenvalue weighted by atomic mass is 10.2. The Morgan fingerprint density at radius 2 is 2.17 bits per heavy atom. The van der Waals surface area contributed by atoms with E-state index >= 15 is 0 Å². The predicted molar refractivity (Wildman–Crippen MR) is 60.8 cm³/mol. The number of hydrogen-bond acceptors (Lipinski definition) is 4. The highest BCUT2D eigenvalue weighted by molar-refractivity contribution is 5.34. The van der Waals surface area contributed by atoms with E-state index in [9.17, 15) is 14.3 Å². The molecule has 0 bridgehead atoms. The molecular weight excluding hydrogens is 237 g/mol. The molecule has 2 rings (SSSR count). The molecule has 0 unspecified atom stereocenters. The number of benzene rings is 1. The predicted octanol–water partition coefficient (Wildman–Crippen LogP) is 1.14. The fourth-order valence-electron chi connectivity index (χ4n) is 1.48. The molecule has 0 radical (unpaired) electrons. The van der Waals surface area contributed by atoms with E-state index in [4.69, 9.17) is 5.26 Å². The van der Waals surface area contributed by atoms with Crippen LogP contribution in [0.4, 0.5) is 4.39 Å². The van der Waals surface area contributed by atoms with Crippen LogP contribution in [0, 0.1) is 17.1 Å². The van der Waals surface area contributed by atoms with Crippen molar-refractivity contribution in [2.24, 2.45) is 0 Å². The average Bonchev–Trinajstić information content (AvgIpc) is 2.34. The highest BCUT2D eigenvalue weighted by atomic mass is 19.1. The Labute approximate surface area is 101 Å². The van der Waals surface area contributed by atoms with Gasteiger partial charge in [-0.25, -0.2) is 4.39 Å². The zero-order chi connectivity index (χ0) is 13.1. The number of aromatic nitrogens is 2. The third kappa shape index (κ3) is 2.06. The van der Waals surface area contributed by atoms with Crippen LogP contribution >= 0.6 is 0 Å². The van der Waals surface area contributed by atoms with Crippen LogP contribution in [-0.4, -0.2) is 14.9 Å². The second-order valence-electron chi connectivity index (χ2n) is 3.51. The number of para-hydroxylation sites is 1. The summed E-state index contributed by atoms with van der Waals surface area (Å²) in [6, 6.07) is 8.34. The third-order valence-electron chi connectivity index (χ3n) is 2.31. The van der Waals surface area contributed by atoms with Gasteiger partial charge < -0.3 is 5.11 Å². The molecule has 90 valence electrons. The van der Waals surface area contributed by atoms with Gasteiger partial charge in [-0.15, -0.1) is 0 Å². The van der Waals surface area contributed by atoms with Crippen LogP contribution in [0.5, 0.6) is 5.75 Å². The summed E-state index contributed by atoms with van der Waals surface area (Å²) >= 11 is 0. The largest absolute Gasteiger partial charge is 0.506 e. The summed E-state index contributed by atoms with van der Waals surface area (Å²) in [7, 11) is 0. The maximum Gasteiger partial charge on any atom is 0.275 e. The van der Waals surface area contributed by atoms with Crippen LogP contribution in [0.2, 0.25) is 0 Å². The summed E-state index contributed by atoms with van der Waals surface area (Å²) in [5, 5.41) is 21.8. The maximum atomic E-state index is 13.5. The minimum Gasteiger partial charge on any atom is -0.506 e. The van der Waals surface area contributed by atoms with Crippen LogP contribution in [0.1, 0.15) is 5.69 Å². The molecule has 0 atom stereocenters. The summed E-state index contributed by atoms with van der Waals surface area (Å²) in [4.78, 5) is 11.6. The SMILES string of the molecule is N#CCc1nn(-c2ccccc2F)c(=O)cc1O. The molecule has 5 nitrogen and oxygen atoms in total. The number of nitrogens with zero attached hydrogens (tertiary/aromatic N) is 3.